The number of hydrogen-bond donors (Lipinski definition) is 2. The van der Waals surface area contributed by atoms with Gasteiger partial charge in [0.25, 0.3) is 5.91 Å². The number of rotatable bonds is 6. The van der Waals surface area contributed by atoms with Crippen LogP contribution in [0.4, 0.5) is 14.9 Å². The molecule has 7 rings (SSSR count). The Bertz CT molecular complexity index is 2030. The number of anilines is 1. The van der Waals surface area contributed by atoms with Crippen LogP contribution in [0, 0.1) is 5.82 Å². The van der Waals surface area contributed by atoms with Crippen LogP contribution in [0.25, 0.3) is 11.1 Å². The van der Waals surface area contributed by atoms with E-state index in [1.807, 2.05) is 30.3 Å². The summed E-state index contributed by atoms with van der Waals surface area (Å²) in [4.78, 5) is 31.1. The SMILES string of the molecule is O=C(NC1=NC(c2cccc(F)c2)(c2cccc(NC(=O)c3ccc(Cl)cc3Cl)c2)CS1)OCC1c2ccccc2-c2ccccc21. The first kappa shape index (κ1) is 31.0. The van der Waals surface area contributed by atoms with Crippen LogP contribution in [0.15, 0.2) is 120 Å². The number of ether oxygens (including phenoxy) is 1. The van der Waals surface area contributed by atoms with Crippen LogP contribution in [-0.4, -0.2) is 29.5 Å². The number of carbonyl (C=O) groups excluding carboxylic acids is 2. The summed E-state index contributed by atoms with van der Waals surface area (Å²) < 4.78 is 20.3. The molecule has 2 aliphatic rings. The Labute approximate surface area is 285 Å². The Morgan fingerprint density at radius 1 is 0.830 bits per heavy atom. The van der Waals surface area contributed by atoms with E-state index in [1.165, 1.54) is 30.0 Å². The lowest BCUT2D eigenvalue weighted by Crippen LogP contribution is -2.30. The van der Waals surface area contributed by atoms with Gasteiger partial charge in [-0.2, -0.15) is 0 Å². The molecule has 47 heavy (non-hydrogen) atoms. The zero-order valence-corrected chi connectivity index (χ0v) is 27.0. The summed E-state index contributed by atoms with van der Waals surface area (Å²) in [6, 6.07) is 34.3. The number of thioether (sulfide) groups is 1. The number of hydrogen-bond acceptors (Lipinski definition) is 5. The Morgan fingerprint density at radius 2 is 1.51 bits per heavy atom. The number of carbonyl (C=O) groups is 2. The third kappa shape index (κ3) is 6.12. The van der Waals surface area contributed by atoms with Crippen molar-refractivity contribution in [1.82, 2.24) is 5.32 Å². The Balaban J connectivity index is 1.13. The van der Waals surface area contributed by atoms with Gasteiger partial charge in [0.05, 0.1) is 10.6 Å². The van der Waals surface area contributed by atoms with Crippen molar-refractivity contribution in [3.05, 3.63) is 159 Å². The predicted molar refractivity (Wildman–Crippen MR) is 186 cm³/mol. The normalized spacial score (nSPS) is 16.6. The quantitative estimate of drug-likeness (QED) is 0.187. The molecule has 1 aliphatic heterocycles. The Morgan fingerprint density at radius 3 is 2.21 bits per heavy atom. The molecule has 0 saturated carbocycles. The molecular formula is C37H26Cl2FN3O3S. The van der Waals surface area contributed by atoms with Gasteiger partial charge in [0, 0.05) is 22.4 Å². The van der Waals surface area contributed by atoms with Gasteiger partial charge in [-0.05, 0) is 75.8 Å². The third-order valence-corrected chi connectivity index (χ3v) is 9.92. The maximum Gasteiger partial charge on any atom is 0.413 e. The molecule has 0 aromatic heterocycles. The van der Waals surface area contributed by atoms with Gasteiger partial charge in [-0.3, -0.25) is 10.1 Å². The maximum atomic E-state index is 14.6. The number of halogens is 3. The van der Waals surface area contributed by atoms with E-state index in [0.717, 1.165) is 22.3 Å². The van der Waals surface area contributed by atoms with Gasteiger partial charge in [-0.1, -0.05) is 108 Å². The molecule has 6 nitrogen and oxygen atoms in total. The zero-order chi connectivity index (χ0) is 32.5. The maximum absolute atomic E-state index is 14.6. The van der Waals surface area contributed by atoms with Gasteiger partial charge in [-0.25, -0.2) is 14.2 Å². The number of amidine groups is 1. The standard InChI is InChI=1S/C37H26Cl2FN3O3S/c38-24-15-16-31(33(39)19-24)34(44)41-26-10-6-8-23(18-26)37(22-7-5-9-25(40)17-22)21-47-35(43-37)42-36(45)46-20-32-29-13-3-1-11-27(29)28-12-2-4-14-30(28)32/h1-19,32H,20-21H2,(H,41,44)(H,42,43,45). The topological polar surface area (TPSA) is 79.8 Å². The first-order valence-corrected chi connectivity index (χ1v) is 16.5. The molecule has 0 fully saturated rings. The molecule has 1 unspecified atom stereocenters. The highest BCUT2D eigenvalue weighted by atomic mass is 35.5. The van der Waals surface area contributed by atoms with E-state index in [-0.39, 0.29) is 23.1 Å². The van der Waals surface area contributed by atoms with Gasteiger partial charge >= 0.3 is 6.09 Å². The van der Waals surface area contributed by atoms with Crippen molar-refractivity contribution < 1.29 is 18.7 Å². The molecule has 1 heterocycles. The number of benzene rings is 5. The minimum atomic E-state index is -1.06. The lowest BCUT2D eigenvalue weighted by Gasteiger charge is -2.27. The van der Waals surface area contributed by atoms with Crippen LogP contribution in [0.5, 0.6) is 0 Å². The largest absolute Gasteiger partial charge is 0.448 e. The third-order valence-electron chi connectivity index (χ3n) is 8.34. The van der Waals surface area contributed by atoms with E-state index in [4.69, 9.17) is 32.9 Å². The van der Waals surface area contributed by atoms with E-state index in [1.54, 1.807) is 42.5 Å². The van der Waals surface area contributed by atoms with E-state index in [0.29, 0.717) is 32.8 Å². The van der Waals surface area contributed by atoms with Crippen molar-refractivity contribution in [3.8, 4) is 11.1 Å². The summed E-state index contributed by atoms with van der Waals surface area (Å²) >= 11 is 13.6. The predicted octanol–water partition coefficient (Wildman–Crippen LogP) is 9.27. The number of nitrogens with one attached hydrogen (secondary N) is 2. The number of amides is 2. The fourth-order valence-corrected chi connectivity index (χ4v) is 7.74. The molecular weight excluding hydrogens is 656 g/mol. The van der Waals surface area contributed by atoms with Crippen LogP contribution in [0.3, 0.4) is 0 Å². The minimum Gasteiger partial charge on any atom is -0.448 e. The average Bonchev–Trinajstić information content (AvgIpc) is 3.64. The second-order valence-electron chi connectivity index (χ2n) is 11.2. The van der Waals surface area contributed by atoms with Crippen molar-refractivity contribution in [1.29, 1.82) is 0 Å². The van der Waals surface area contributed by atoms with Gasteiger partial charge in [0.1, 0.15) is 18.0 Å². The Hall–Kier alpha value is -4.63. The fourth-order valence-electron chi connectivity index (χ4n) is 6.13. The average molecular weight is 683 g/mol. The van der Waals surface area contributed by atoms with Crippen LogP contribution in [0.2, 0.25) is 10.0 Å². The van der Waals surface area contributed by atoms with Gasteiger partial charge in [0.15, 0.2) is 5.17 Å². The molecule has 0 radical (unpaired) electrons. The molecule has 0 saturated heterocycles. The lowest BCUT2D eigenvalue weighted by molar-refractivity contribution is 0.102. The van der Waals surface area contributed by atoms with Crippen LogP contribution in [0.1, 0.15) is 38.5 Å². The van der Waals surface area contributed by atoms with E-state index >= 15 is 0 Å². The van der Waals surface area contributed by atoms with Gasteiger partial charge < -0.3 is 10.1 Å². The first-order valence-electron chi connectivity index (χ1n) is 14.8. The monoisotopic (exact) mass is 681 g/mol. The molecule has 10 heteroatoms. The van der Waals surface area contributed by atoms with E-state index < -0.39 is 23.4 Å². The molecule has 1 aliphatic carbocycles. The number of aliphatic imine (C=N–C) groups is 1. The molecule has 234 valence electrons. The summed E-state index contributed by atoms with van der Waals surface area (Å²) in [5.41, 5.74) is 5.51. The molecule has 2 amide bonds. The Kier molecular flexibility index (Phi) is 8.49. The molecule has 5 aromatic carbocycles. The van der Waals surface area contributed by atoms with Crippen LogP contribution in [-0.2, 0) is 10.3 Å². The highest BCUT2D eigenvalue weighted by Crippen LogP contribution is 2.45. The summed E-state index contributed by atoms with van der Waals surface area (Å²) in [5.74, 6) is -0.540. The van der Waals surface area contributed by atoms with E-state index in [9.17, 15) is 14.0 Å². The minimum absolute atomic E-state index is 0.0848. The highest BCUT2D eigenvalue weighted by molar-refractivity contribution is 8.14. The zero-order valence-electron chi connectivity index (χ0n) is 24.7. The highest BCUT2D eigenvalue weighted by Gasteiger charge is 2.40. The van der Waals surface area contributed by atoms with Crippen molar-refractivity contribution in [2.24, 2.45) is 4.99 Å². The van der Waals surface area contributed by atoms with Crippen LogP contribution >= 0.6 is 35.0 Å². The summed E-state index contributed by atoms with van der Waals surface area (Å²) in [5, 5.41) is 6.67. The molecule has 0 spiro atoms. The molecule has 2 N–H and O–H groups in total. The number of nitrogens with zero attached hydrogens (tertiary/aromatic N) is 1. The summed E-state index contributed by atoms with van der Waals surface area (Å²) in [7, 11) is 0. The second-order valence-corrected chi connectivity index (χ2v) is 13.0. The van der Waals surface area contributed by atoms with Gasteiger partial charge in [0.2, 0.25) is 0 Å². The lowest BCUT2D eigenvalue weighted by atomic mass is 9.84. The van der Waals surface area contributed by atoms with E-state index in [2.05, 4.69) is 34.9 Å². The number of alkyl carbamates (subject to hydrolysis) is 1. The first-order chi connectivity index (χ1) is 22.8. The summed E-state index contributed by atoms with van der Waals surface area (Å²) in [6.07, 6.45) is -0.631. The van der Waals surface area contributed by atoms with Crippen molar-refractivity contribution in [2.75, 3.05) is 17.7 Å². The molecule has 0 bridgehead atoms. The smallest absolute Gasteiger partial charge is 0.413 e. The van der Waals surface area contributed by atoms with Crippen LogP contribution < -0.4 is 10.6 Å². The van der Waals surface area contributed by atoms with Crippen molar-refractivity contribution >= 4 is 57.8 Å². The number of fused-ring (bicyclic) bond motifs is 3. The van der Waals surface area contributed by atoms with Crippen molar-refractivity contribution in [2.45, 2.75) is 11.5 Å². The summed E-state index contributed by atoms with van der Waals surface area (Å²) in [6.45, 7) is 0.159. The van der Waals surface area contributed by atoms with Crippen molar-refractivity contribution in [3.63, 3.8) is 0 Å². The fraction of sp³-hybridized carbons (Fsp3) is 0.108. The van der Waals surface area contributed by atoms with Gasteiger partial charge in [-0.15, -0.1) is 0 Å². The molecule has 5 aromatic rings. The second kappa shape index (κ2) is 12.9. The molecule has 1 atom stereocenters.